The Bertz CT molecular complexity index is 225. The van der Waals surface area contributed by atoms with Crippen LogP contribution in [0.15, 0.2) is 12.2 Å². The molecule has 15 heavy (non-hydrogen) atoms. The summed E-state index contributed by atoms with van der Waals surface area (Å²) >= 11 is 2.00. The third-order valence-corrected chi connectivity index (χ3v) is 4.09. The third kappa shape index (κ3) is 4.20. The van der Waals surface area contributed by atoms with Gasteiger partial charge in [-0.15, -0.1) is 0 Å². The van der Waals surface area contributed by atoms with Crippen LogP contribution in [0.4, 0.5) is 0 Å². The molecule has 0 N–H and O–H groups in total. The van der Waals surface area contributed by atoms with Crippen LogP contribution in [0, 0.1) is 0 Å². The molecule has 2 heteroatoms. The lowest BCUT2D eigenvalue weighted by atomic mass is 10.1. The van der Waals surface area contributed by atoms with E-state index in [2.05, 4.69) is 45.5 Å². The van der Waals surface area contributed by atoms with Gasteiger partial charge in [0.25, 0.3) is 0 Å². The van der Waals surface area contributed by atoms with Crippen LogP contribution < -0.4 is 0 Å². The summed E-state index contributed by atoms with van der Waals surface area (Å²) in [5, 5.41) is 0. The molecular weight excluding hydrogens is 202 g/mol. The van der Waals surface area contributed by atoms with E-state index in [4.69, 9.17) is 0 Å². The van der Waals surface area contributed by atoms with Gasteiger partial charge in [-0.3, -0.25) is 0 Å². The summed E-state index contributed by atoms with van der Waals surface area (Å²) in [5.74, 6) is 0. The van der Waals surface area contributed by atoms with Crippen molar-refractivity contribution in [3.63, 3.8) is 0 Å². The molecule has 0 bridgehead atoms. The zero-order valence-electron chi connectivity index (χ0n) is 10.8. The quantitative estimate of drug-likeness (QED) is 0.510. The predicted octanol–water partition coefficient (Wildman–Crippen LogP) is 4.25. The second-order valence-electron chi connectivity index (χ2n) is 5.48. The largest absolute Gasteiger partial charge is 0.240 e. The van der Waals surface area contributed by atoms with Crippen LogP contribution in [0.3, 0.4) is 0 Å². The van der Waals surface area contributed by atoms with Gasteiger partial charge in [-0.05, 0) is 47.0 Å². The van der Waals surface area contributed by atoms with Crippen LogP contribution in [0.5, 0.6) is 0 Å². The molecule has 1 saturated carbocycles. The van der Waals surface area contributed by atoms with Crippen molar-refractivity contribution in [1.82, 2.24) is 4.31 Å². The molecule has 0 aromatic heterocycles. The van der Waals surface area contributed by atoms with Crippen LogP contribution in [-0.2, 0) is 0 Å². The number of hydrogen-bond acceptors (Lipinski definition) is 2. The third-order valence-electron chi connectivity index (χ3n) is 2.71. The van der Waals surface area contributed by atoms with E-state index in [0.29, 0.717) is 10.8 Å². The minimum atomic E-state index is 0.310. The Morgan fingerprint density at radius 3 is 2.33 bits per heavy atom. The van der Waals surface area contributed by atoms with Crippen LogP contribution in [0.2, 0.25) is 0 Å². The van der Waals surface area contributed by atoms with Gasteiger partial charge in [-0.2, -0.15) is 0 Å². The minimum Gasteiger partial charge on any atom is -0.240 e. The molecule has 1 aliphatic rings. The summed E-state index contributed by atoms with van der Waals surface area (Å²) in [6.45, 7) is 15.5. The van der Waals surface area contributed by atoms with Gasteiger partial charge in [-0.1, -0.05) is 31.0 Å². The monoisotopic (exact) mass is 227 g/mol. The Kier molecular flexibility index (Phi) is 4.30. The van der Waals surface area contributed by atoms with Crippen molar-refractivity contribution in [2.24, 2.45) is 0 Å². The maximum atomic E-state index is 4.18. The highest BCUT2D eigenvalue weighted by Crippen LogP contribution is 2.40. The Hall–Kier alpha value is 0.0500. The summed E-state index contributed by atoms with van der Waals surface area (Å²) in [6.07, 6.45) is 3.82. The van der Waals surface area contributed by atoms with Crippen LogP contribution in [0.1, 0.15) is 53.9 Å². The predicted molar refractivity (Wildman–Crippen MR) is 71.1 cm³/mol. The molecule has 0 saturated heterocycles. The van der Waals surface area contributed by atoms with Gasteiger partial charge in [0.2, 0.25) is 0 Å². The molecule has 1 unspecified atom stereocenters. The van der Waals surface area contributed by atoms with E-state index in [-0.39, 0.29) is 0 Å². The zero-order chi connectivity index (χ0) is 11.6. The Labute approximate surface area is 99.4 Å². The fourth-order valence-corrected chi connectivity index (χ4v) is 2.89. The first-order chi connectivity index (χ1) is 6.85. The van der Waals surface area contributed by atoms with Gasteiger partial charge >= 0.3 is 0 Å². The summed E-state index contributed by atoms with van der Waals surface area (Å²) in [4.78, 5) is 0. The molecule has 0 heterocycles. The molecule has 0 aromatic carbocycles. The Morgan fingerprint density at radius 2 is 2.00 bits per heavy atom. The maximum absolute atomic E-state index is 4.18. The van der Waals surface area contributed by atoms with Crippen LogP contribution >= 0.6 is 11.9 Å². The number of nitrogens with zero attached hydrogens (tertiary/aromatic N) is 1. The van der Waals surface area contributed by atoms with Gasteiger partial charge in [0.15, 0.2) is 0 Å². The molecule has 1 rings (SSSR count). The summed E-state index contributed by atoms with van der Waals surface area (Å²) < 4.78 is 2.89. The van der Waals surface area contributed by atoms with Crippen molar-refractivity contribution >= 4 is 11.9 Å². The summed E-state index contributed by atoms with van der Waals surface area (Å²) in [7, 11) is 0. The lowest BCUT2D eigenvalue weighted by Gasteiger charge is -2.34. The average molecular weight is 227 g/mol. The second-order valence-corrected chi connectivity index (χ2v) is 7.31. The van der Waals surface area contributed by atoms with E-state index >= 15 is 0 Å². The van der Waals surface area contributed by atoms with E-state index in [9.17, 15) is 0 Å². The van der Waals surface area contributed by atoms with Crippen molar-refractivity contribution in [2.75, 3.05) is 0 Å². The minimum absolute atomic E-state index is 0.310. The second kappa shape index (κ2) is 4.92. The van der Waals surface area contributed by atoms with Crippen molar-refractivity contribution in [1.29, 1.82) is 0 Å². The molecule has 1 atom stereocenters. The average Bonchev–Trinajstić information content (AvgIpc) is 2.93. The molecule has 0 spiro atoms. The first kappa shape index (κ1) is 13.1. The van der Waals surface area contributed by atoms with Crippen molar-refractivity contribution in [2.45, 2.75) is 70.7 Å². The van der Waals surface area contributed by atoms with E-state index in [1.165, 1.54) is 18.4 Å². The van der Waals surface area contributed by atoms with Gasteiger partial charge in [0, 0.05) is 16.8 Å². The fourth-order valence-electron chi connectivity index (χ4n) is 1.59. The molecule has 0 amide bonds. The van der Waals surface area contributed by atoms with Crippen molar-refractivity contribution < 1.29 is 0 Å². The smallest absolute Gasteiger partial charge is 0.0384 e. The highest BCUT2D eigenvalue weighted by Gasteiger charge is 2.35. The molecule has 1 aliphatic carbocycles. The highest BCUT2D eigenvalue weighted by molar-refractivity contribution is 7.98. The van der Waals surface area contributed by atoms with E-state index in [1.54, 1.807) is 0 Å². The fraction of sp³-hybridized carbons (Fsp3) is 0.846. The molecule has 1 fully saturated rings. The van der Waals surface area contributed by atoms with Crippen LogP contribution in [0.25, 0.3) is 0 Å². The molecule has 1 nitrogen and oxygen atoms in total. The van der Waals surface area contributed by atoms with Gasteiger partial charge in [0.1, 0.15) is 0 Å². The number of hydrogen-bond donors (Lipinski definition) is 0. The van der Waals surface area contributed by atoms with E-state index in [0.717, 1.165) is 12.5 Å². The summed E-state index contributed by atoms with van der Waals surface area (Å²) in [6, 6.07) is 1.32. The zero-order valence-corrected chi connectivity index (χ0v) is 11.7. The topological polar surface area (TPSA) is 3.24 Å². The standard InChI is InChI=1S/C13H25NS/c1-7-10(2)11(3)14(12-8-9-12)15-13(4,5)6/h11-12H,2,7-9H2,1,3-6H3. The first-order valence-electron chi connectivity index (χ1n) is 6.00. The lowest BCUT2D eigenvalue weighted by molar-refractivity contribution is 0.393. The van der Waals surface area contributed by atoms with Crippen molar-refractivity contribution in [3.05, 3.63) is 12.2 Å². The highest BCUT2D eigenvalue weighted by atomic mass is 32.2. The Balaban J connectivity index is 2.61. The Morgan fingerprint density at radius 1 is 1.47 bits per heavy atom. The van der Waals surface area contributed by atoms with Crippen LogP contribution in [-0.4, -0.2) is 21.1 Å². The number of rotatable bonds is 5. The molecule has 0 radical (unpaired) electrons. The summed E-state index contributed by atoms with van der Waals surface area (Å²) in [5.41, 5.74) is 1.36. The molecular formula is C13H25NS. The van der Waals surface area contributed by atoms with Crippen molar-refractivity contribution in [3.8, 4) is 0 Å². The first-order valence-corrected chi connectivity index (χ1v) is 6.77. The van der Waals surface area contributed by atoms with Gasteiger partial charge in [-0.25, -0.2) is 4.31 Å². The van der Waals surface area contributed by atoms with Gasteiger partial charge < -0.3 is 0 Å². The lowest BCUT2D eigenvalue weighted by Crippen LogP contribution is -2.34. The van der Waals surface area contributed by atoms with E-state index in [1.807, 2.05) is 11.9 Å². The molecule has 0 aliphatic heterocycles. The SMILES string of the molecule is C=C(CC)C(C)N(SC(C)(C)C)C1CC1. The van der Waals surface area contributed by atoms with E-state index < -0.39 is 0 Å². The normalized spacial score (nSPS) is 19.3. The van der Waals surface area contributed by atoms with Gasteiger partial charge in [0.05, 0.1) is 0 Å². The molecule has 88 valence electrons. The maximum Gasteiger partial charge on any atom is 0.0384 e. The molecule has 0 aromatic rings.